The number of hydrogen-bond donors (Lipinski definition) is 1. The largest absolute Gasteiger partial charge is 0.469 e. The molecule has 1 unspecified atom stereocenters. The third-order valence-electron chi connectivity index (χ3n) is 2.82. The van der Waals surface area contributed by atoms with E-state index in [1.165, 1.54) is 10.4 Å². The van der Waals surface area contributed by atoms with Crippen LogP contribution < -0.4 is 5.73 Å². The van der Waals surface area contributed by atoms with Crippen molar-refractivity contribution in [2.24, 2.45) is 5.73 Å². The zero-order chi connectivity index (χ0) is 12.3. The highest BCUT2D eigenvalue weighted by Gasteiger charge is 2.11. The Morgan fingerprint density at radius 1 is 1.47 bits per heavy atom. The second-order valence-electron chi connectivity index (χ2n) is 4.32. The van der Waals surface area contributed by atoms with E-state index in [1.54, 1.807) is 17.6 Å². The van der Waals surface area contributed by atoms with Gasteiger partial charge in [-0.05, 0) is 31.5 Å². The van der Waals surface area contributed by atoms with Crippen LogP contribution in [0.4, 0.5) is 0 Å². The van der Waals surface area contributed by atoms with Gasteiger partial charge in [0.05, 0.1) is 12.3 Å². The molecule has 0 aliphatic carbocycles. The average Bonchev–Trinajstić information content (AvgIpc) is 2.90. The first-order valence-electron chi connectivity index (χ1n) is 5.67. The fourth-order valence-electron chi connectivity index (χ4n) is 1.86. The average molecular weight is 250 g/mol. The molecule has 2 aromatic rings. The fraction of sp³-hybridized carbons (Fsp3) is 0.385. The Bertz CT molecular complexity index is 450. The Balaban J connectivity index is 1.89. The molecule has 0 saturated carbocycles. The van der Waals surface area contributed by atoms with Gasteiger partial charge in [-0.15, -0.1) is 11.3 Å². The molecule has 0 radical (unpaired) electrons. The molecule has 2 heterocycles. The maximum Gasteiger partial charge on any atom is 0.105 e. The molecule has 0 amide bonds. The highest BCUT2D eigenvalue weighted by Crippen LogP contribution is 2.18. The van der Waals surface area contributed by atoms with Gasteiger partial charge in [0.15, 0.2) is 0 Å². The van der Waals surface area contributed by atoms with E-state index in [0.717, 1.165) is 18.8 Å². The van der Waals surface area contributed by atoms with E-state index < -0.39 is 0 Å². The Kier molecular flexibility index (Phi) is 3.99. The molecule has 2 rings (SSSR count). The van der Waals surface area contributed by atoms with Crippen molar-refractivity contribution < 1.29 is 4.42 Å². The maximum atomic E-state index is 6.15. The van der Waals surface area contributed by atoms with Crippen molar-refractivity contribution in [3.05, 3.63) is 46.0 Å². The second kappa shape index (κ2) is 5.49. The smallest absolute Gasteiger partial charge is 0.105 e. The van der Waals surface area contributed by atoms with Crippen molar-refractivity contribution in [3.8, 4) is 0 Å². The number of rotatable bonds is 5. The predicted octanol–water partition coefficient (Wildman–Crippen LogP) is 2.78. The summed E-state index contributed by atoms with van der Waals surface area (Å²) in [7, 11) is 2.08. The summed E-state index contributed by atoms with van der Waals surface area (Å²) in [4.78, 5) is 3.46. The van der Waals surface area contributed by atoms with Crippen LogP contribution in [0, 0.1) is 6.92 Å². The van der Waals surface area contributed by atoms with Crippen molar-refractivity contribution in [1.82, 2.24) is 4.90 Å². The number of likely N-dealkylation sites (N-methyl/N-ethyl adjacent to an activating group) is 1. The minimum Gasteiger partial charge on any atom is -0.469 e. The van der Waals surface area contributed by atoms with Gasteiger partial charge >= 0.3 is 0 Å². The summed E-state index contributed by atoms with van der Waals surface area (Å²) in [6.45, 7) is 3.72. The Morgan fingerprint density at radius 3 is 2.88 bits per heavy atom. The van der Waals surface area contributed by atoms with Gasteiger partial charge in [-0.1, -0.05) is 6.07 Å². The topological polar surface area (TPSA) is 42.4 Å². The summed E-state index contributed by atoms with van der Waals surface area (Å²) in [5.41, 5.74) is 7.38. The lowest BCUT2D eigenvalue weighted by atomic mass is 10.2. The highest BCUT2D eigenvalue weighted by atomic mass is 32.1. The lowest BCUT2D eigenvalue weighted by Crippen LogP contribution is -2.28. The number of aryl methyl sites for hydroxylation is 1. The third kappa shape index (κ3) is 3.19. The fourth-order valence-corrected chi connectivity index (χ4v) is 2.58. The van der Waals surface area contributed by atoms with Gasteiger partial charge in [-0.3, -0.25) is 0 Å². The van der Waals surface area contributed by atoms with Crippen molar-refractivity contribution in [3.63, 3.8) is 0 Å². The summed E-state index contributed by atoms with van der Waals surface area (Å²) < 4.78 is 5.29. The Morgan fingerprint density at radius 2 is 2.29 bits per heavy atom. The van der Waals surface area contributed by atoms with E-state index in [1.807, 2.05) is 19.1 Å². The monoisotopic (exact) mass is 250 g/mol. The molecule has 0 fully saturated rings. The normalized spacial score (nSPS) is 13.2. The molecule has 0 aromatic carbocycles. The molecule has 0 aliphatic heterocycles. The third-order valence-corrected chi connectivity index (χ3v) is 3.83. The SMILES string of the molecule is Cc1occc1CN(C)CC(N)c1cccs1. The maximum absolute atomic E-state index is 6.15. The van der Waals surface area contributed by atoms with E-state index in [-0.39, 0.29) is 6.04 Å². The minimum absolute atomic E-state index is 0.0900. The van der Waals surface area contributed by atoms with Gasteiger partial charge in [0.2, 0.25) is 0 Å². The summed E-state index contributed by atoms with van der Waals surface area (Å²) in [6.07, 6.45) is 1.73. The molecule has 1 atom stereocenters. The van der Waals surface area contributed by atoms with Crippen LogP contribution in [0.1, 0.15) is 22.2 Å². The summed E-state index contributed by atoms with van der Waals surface area (Å²) in [6, 6.07) is 6.24. The Labute approximate surface area is 106 Å². The van der Waals surface area contributed by atoms with E-state index in [0.29, 0.717) is 0 Å². The summed E-state index contributed by atoms with van der Waals surface area (Å²) in [5.74, 6) is 0.988. The molecule has 0 bridgehead atoms. The van der Waals surface area contributed by atoms with E-state index in [2.05, 4.69) is 23.4 Å². The molecule has 17 heavy (non-hydrogen) atoms. The standard InChI is InChI=1S/C13H18N2OS/c1-10-11(5-6-16-10)8-15(2)9-12(14)13-4-3-7-17-13/h3-7,12H,8-9,14H2,1-2H3. The van der Waals surface area contributed by atoms with Crippen LogP contribution >= 0.6 is 11.3 Å². The van der Waals surface area contributed by atoms with Crippen molar-refractivity contribution in [1.29, 1.82) is 0 Å². The number of nitrogens with two attached hydrogens (primary N) is 1. The number of nitrogens with zero attached hydrogens (tertiary/aromatic N) is 1. The van der Waals surface area contributed by atoms with Gasteiger partial charge in [0.1, 0.15) is 5.76 Å². The zero-order valence-electron chi connectivity index (χ0n) is 10.2. The highest BCUT2D eigenvalue weighted by molar-refractivity contribution is 7.10. The van der Waals surface area contributed by atoms with Gasteiger partial charge < -0.3 is 15.1 Å². The van der Waals surface area contributed by atoms with Crippen LogP contribution in [0.5, 0.6) is 0 Å². The molecule has 3 nitrogen and oxygen atoms in total. The van der Waals surface area contributed by atoms with Crippen LogP contribution in [0.2, 0.25) is 0 Å². The molecule has 0 saturated heterocycles. The molecule has 4 heteroatoms. The van der Waals surface area contributed by atoms with E-state index >= 15 is 0 Å². The van der Waals surface area contributed by atoms with E-state index in [9.17, 15) is 0 Å². The molecule has 0 aliphatic rings. The number of hydrogen-bond acceptors (Lipinski definition) is 4. The van der Waals surface area contributed by atoms with Crippen LogP contribution in [-0.2, 0) is 6.54 Å². The molecule has 0 spiro atoms. The van der Waals surface area contributed by atoms with Crippen molar-refractivity contribution in [2.45, 2.75) is 19.5 Å². The van der Waals surface area contributed by atoms with Crippen LogP contribution in [0.15, 0.2) is 34.3 Å². The lowest BCUT2D eigenvalue weighted by molar-refractivity contribution is 0.304. The number of furan rings is 1. The summed E-state index contributed by atoms with van der Waals surface area (Å²) in [5, 5.41) is 2.06. The molecular formula is C13H18N2OS. The van der Waals surface area contributed by atoms with Crippen LogP contribution in [-0.4, -0.2) is 18.5 Å². The quantitative estimate of drug-likeness (QED) is 0.887. The second-order valence-corrected chi connectivity index (χ2v) is 5.30. The summed E-state index contributed by atoms with van der Waals surface area (Å²) >= 11 is 1.71. The molecule has 2 aromatic heterocycles. The first-order chi connectivity index (χ1) is 8.16. The van der Waals surface area contributed by atoms with Gasteiger partial charge in [0, 0.05) is 23.5 Å². The number of thiophene rings is 1. The molecule has 2 N–H and O–H groups in total. The zero-order valence-corrected chi connectivity index (χ0v) is 11.0. The molecular weight excluding hydrogens is 232 g/mol. The van der Waals surface area contributed by atoms with Gasteiger partial charge in [-0.25, -0.2) is 0 Å². The predicted molar refractivity (Wildman–Crippen MR) is 71.0 cm³/mol. The Hall–Kier alpha value is -1.10. The van der Waals surface area contributed by atoms with Gasteiger partial charge in [-0.2, -0.15) is 0 Å². The molecule has 92 valence electrons. The van der Waals surface area contributed by atoms with Crippen LogP contribution in [0.25, 0.3) is 0 Å². The minimum atomic E-state index is 0.0900. The first kappa shape index (κ1) is 12.4. The first-order valence-corrected chi connectivity index (χ1v) is 6.55. The lowest BCUT2D eigenvalue weighted by Gasteiger charge is -2.20. The van der Waals surface area contributed by atoms with Crippen LogP contribution in [0.3, 0.4) is 0 Å². The van der Waals surface area contributed by atoms with Crippen molar-refractivity contribution in [2.75, 3.05) is 13.6 Å². The van der Waals surface area contributed by atoms with Gasteiger partial charge in [0.25, 0.3) is 0 Å². The van der Waals surface area contributed by atoms with Crippen molar-refractivity contribution >= 4 is 11.3 Å². The van der Waals surface area contributed by atoms with E-state index in [4.69, 9.17) is 10.2 Å².